The van der Waals surface area contributed by atoms with Gasteiger partial charge in [-0.2, -0.15) is 0 Å². The molecule has 0 spiro atoms. The van der Waals surface area contributed by atoms with E-state index in [0.717, 1.165) is 6.92 Å². The third-order valence-corrected chi connectivity index (χ3v) is 4.82. The molecule has 0 bridgehead atoms. The number of amides is 1. The molecular formula is C15H13ClFN3O3S2. The van der Waals surface area contributed by atoms with Crippen molar-refractivity contribution >= 4 is 56.2 Å². The molecule has 0 heterocycles. The van der Waals surface area contributed by atoms with Gasteiger partial charge in [0.25, 0.3) is 10.0 Å². The minimum Gasteiger partial charge on any atom is -0.332 e. The minimum atomic E-state index is -3.89. The zero-order valence-corrected chi connectivity index (χ0v) is 15.2. The fraction of sp³-hybridized carbons (Fsp3) is 0.0667. The number of benzene rings is 2. The monoisotopic (exact) mass is 401 g/mol. The predicted molar refractivity (Wildman–Crippen MR) is 98.7 cm³/mol. The zero-order valence-electron chi connectivity index (χ0n) is 12.8. The van der Waals surface area contributed by atoms with E-state index in [9.17, 15) is 17.6 Å². The minimum absolute atomic E-state index is 0.0414. The smallest absolute Gasteiger partial charge is 0.264 e. The first kappa shape index (κ1) is 19.1. The van der Waals surface area contributed by atoms with Gasteiger partial charge < -0.3 is 10.6 Å². The molecule has 0 saturated carbocycles. The highest BCUT2D eigenvalue weighted by molar-refractivity contribution is 7.90. The zero-order chi connectivity index (χ0) is 18.6. The lowest BCUT2D eigenvalue weighted by molar-refractivity contribution is -0.117. The summed E-state index contributed by atoms with van der Waals surface area (Å²) < 4.78 is 38.7. The van der Waals surface area contributed by atoms with Crippen LogP contribution in [-0.2, 0) is 14.8 Å². The average molecular weight is 402 g/mol. The number of carbonyl (C=O) groups excluding carboxylic acids is 1. The second-order valence-corrected chi connectivity index (χ2v) is 7.39. The predicted octanol–water partition coefficient (Wildman–Crippen LogP) is 3.11. The number of hydrogen-bond donors (Lipinski definition) is 3. The van der Waals surface area contributed by atoms with Crippen LogP contribution in [0.25, 0.3) is 0 Å². The van der Waals surface area contributed by atoms with Crippen molar-refractivity contribution in [2.45, 2.75) is 11.8 Å². The van der Waals surface area contributed by atoms with Gasteiger partial charge in [0.05, 0.1) is 9.92 Å². The number of halogens is 2. The molecule has 0 aromatic heterocycles. The average Bonchev–Trinajstić information content (AvgIpc) is 2.50. The molecule has 0 aliphatic heterocycles. The number of nitrogens with one attached hydrogen (secondary N) is 3. The molecule has 2 rings (SSSR count). The second-order valence-electron chi connectivity index (χ2n) is 4.89. The number of rotatable bonds is 4. The quantitative estimate of drug-likeness (QED) is 0.682. The van der Waals surface area contributed by atoms with E-state index in [1.54, 1.807) is 0 Å². The first-order chi connectivity index (χ1) is 11.7. The summed E-state index contributed by atoms with van der Waals surface area (Å²) in [4.78, 5) is 10.8. The number of carbonyl (C=O) groups is 1. The van der Waals surface area contributed by atoms with Gasteiger partial charge in [-0.1, -0.05) is 11.6 Å². The molecule has 3 N–H and O–H groups in total. The van der Waals surface area contributed by atoms with Crippen LogP contribution in [0.4, 0.5) is 15.8 Å². The Balaban J connectivity index is 2.04. The molecule has 10 heteroatoms. The summed E-state index contributed by atoms with van der Waals surface area (Å²) in [5.41, 5.74) is 1.02. The van der Waals surface area contributed by atoms with Crippen LogP contribution in [0.5, 0.6) is 0 Å². The number of anilines is 2. The topological polar surface area (TPSA) is 87.3 Å². The van der Waals surface area contributed by atoms with Crippen LogP contribution in [0.3, 0.4) is 0 Å². The van der Waals surface area contributed by atoms with Gasteiger partial charge in [0.1, 0.15) is 5.82 Å². The molecule has 132 valence electrons. The summed E-state index contributed by atoms with van der Waals surface area (Å²) in [5, 5.41) is 5.84. The van der Waals surface area contributed by atoms with Crippen LogP contribution in [0, 0.1) is 5.82 Å². The molecule has 0 aliphatic rings. The highest BCUT2D eigenvalue weighted by Crippen LogP contribution is 2.20. The molecule has 0 unspecified atom stereocenters. The Kier molecular flexibility index (Phi) is 5.93. The molecule has 1 amide bonds. The molecule has 6 nitrogen and oxygen atoms in total. The third-order valence-electron chi connectivity index (χ3n) is 2.88. The molecule has 2 aromatic carbocycles. The molecule has 0 radical (unpaired) electrons. The van der Waals surface area contributed by atoms with E-state index in [2.05, 4.69) is 10.6 Å². The van der Waals surface area contributed by atoms with Crippen molar-refractivity contribution in [3.63, 3.8) is 0 Å². The van der Waals surface area contributed by atoms with Gasteiger partial charge in [0, 0.05) is 18.3 Å². The van der Waals surface area contributed by atoms with Gasteiger partial charge in [0.15, 0.2) is 5.11 Å². The van der Waals surface area contributed by atoms with E-state index in [0.29, 0.717) is 11.4 Å². The van der Waals surface area contributed by atoms with E-state index < -0.39 is 21.7 Å². The Hall–Kier alpha value is -2.23. The largest absolute Gasteiger partial charge is 0.332 e. The Morgan fingerprint density at radius 1 is 1.08 bits per heavy atom. The maximum atomic E-state index is 13.1. The van der Waals surface area contributed by atoms with Crippen molar-refractivity contribution in [2.75, 3.05) is 10.6 Å². The van der Waals surface area contributed by atoms with E-state index >= 15 is 0 Å². The highest BCUT2D eigenvalue weighted by atomic mass is 35.5. The molecule has 2 aromatic rings. The van der Waals surface area contributed by atoms with Gasteiger partial charge in [-0.3, -0.25) is 4.79 Å². The van der Waals surface area contributed by atoms with Crippen LogP contribution in [0.1, 0.15) is 6.92 Å². The Labute approximate surface area is 154 Å². The van der Waals surface area contributed by atoms with Crippen molar-refractivity contribution in [1.82, 2.24) is 4.72 Å². The van der Waals surface area contributed by atoms with Gasteiger partial charge in [-0.15, -0.1) is 0 Å². The first-order valence-electron chi connectivity index (χ1n) is 6.84. The third kappa shape index (κ3) is 5.38. The second kappa shape index (κ2) is 7.77. The van der Waals surface area contributed by atoms with Gasteiger partial charge in [0.2, 0.25) is 5.91 Å². The SMILES string of the molecule is CC(=O)NS(=O)(=O)c1ccc(NC(=S)Nc2ccc(F)c(Cl)c2)cc1. The van der Waals surface area contributed by atoms with Crippen LogP contribution in [0.2, 0.25) is 5.02 Å². The molecule has 0 atom stereocenters. The molecule has 0 aliphatic carbocycles. The Bertz CT molecular complexity index is 918. The summed E-state index contributed by atoms with van der Waals surface area (Å²) in [6.07, 6.45) is 0. The van der Waals surface area contributed by atoms with Crippen LogP contribution in [-0.4, -0.2) is 19.4 Å². The summed E-state index contributed by atoms with van der Waals surface area (Å²) in [7, 11) is -3.89. The van der Waals surface area contributed by atoms with E-state index in [4.69, 9.17) is 23.8 Å². The lowest BCUT2D eigenvalue weighted by atomic mass is 10.3. The summed E-state index contributed by atoms with van der Waals surface area (Å²) in [6, 6.07) is 9.68. The van der Waals surface area contributed by atoms with E-state index in [1.165, 1.54) is 42.5 Å². The molecule has 25 heavy (non-hydrogen) atoms. The standard InChI is InChI=1S/C15H13ClFN3O3S2/c1-9(21)20-25(22,23)12-5-2-10(3-6-12)18-15(24)19-11-4-7-14(17)13(16)8-11/h2-8H,1H3,(H,20,21)(H2,18,19,24). The van der Waals surface area contributed by atoms with Crippen molar-refractivity contribution in [1.29, 1.82) is 0 Å². The van der Waals surface area contributed by atoms with Crippen LogP contribution in [0.15, 0.2) is 47.4 Å². The van der Waals surface area contributed by atoms with Gasteiger partial charge in [-0.25, -0.2) is 17.5 Å². The summed E-state index contributed by atoms with van der Waals surface area (Å²) in [5.74, 6) is -1.22. The number of hydrogen-bond acceptors (Lipinski definition) is 4. The highest BCUT2D eigenvalue weighted by Gasteiger charge is 2.15. The van der Waals surface area contributed by atoms with Crippen molar-refractivity contribution in [3.05, 3.63) is 53.3 Å². The fourth-order valence-electron chi connectivity index (χ4n) is 1.83. The van der Waals surface area contributed by atoms with Gasteiger partial charge >= 0.3 is 0 Å². The van der Waals surface area contributed by atoms with E-state index in [-0.39, 0.29) is 15.0 Å². The van der Waals surface area contributed by atoms with Crippen LogP contribution < -0.4 is 15.4 Å². The van der Waals surface area contributed by atoms with Crippen molar-refractivity contribution in [2.24, 2.45) is 0 Å². The lowest BCUT2D eigenvalue weighted by Crippen LogP contribution is -2.28. The van der Waals surface area contributed by atoms with Crippen molar-refractivity contribution in [3.8, 4) is 0 Å². The number of thiocarbonyl (C=S) groups is 1. The molecule has 0 saturated heterocycles. The summed E-state index contributed by atoms with van der Waals surface area (Å²) in [6.45, 7) is 1.11. The fourth-order valence-corrected chi connectivity index (χ4v) is 3.24. The lowest BCUT2D eigenvalue weighted by Gasteiger charge is -2.11. The van der Waals surface area contributed by atoms with E-state index in [1.807, 2.05) is 4.72 Å². The maximum absolute atomic E-state index is 13.1. The maximum Gasteiger partial charge on any atom is 0.264 e. The van der Waals surface area contributed by atoms with Crippen molar-refractivity contribution < 1.29 is 17.6 Å². The van der Waals surface area contributed by atoms with Crippen LogP contribution >= 0.6 is 23.8 Å². The Morgan fingerprint density at radius 3 is 2.20 bits per heavy atom. The molecular weight excluding hydrogens is 389 g/mol. The molecule has 0 fully saturated rings. The summed E-state index contributed by atoms with van der Waals surface area (Å²) >= 11 is 10.8. The Morgan fingerprint density at radius 2 is 1.64 bits per heavy atom. The number of sulfonamides is 1. The van der Waals surface area contributed by atoms with Gasteiger partial charge in [-0.05, 0) is 54.7 Å². The first-order valence-corrected chi connectivity index (χ1v) is 9.11. The normalized spacial score (nSPS) is 10.8.